The molecule has 1 aromatic carbocycles. The van der Waals surface area contributed by atoms with Crippen molar-refractivity contribution in [1.29, 1.82) is 5.26 Å². The third kappa shape index (κ3) is 5.96. The fourth-order valence-corrected chi connectivity index (χ4v) is 3.38. The van der Waals surface area contributed by atoms with Crippen molar-refractivity contribution in [3.63, 3.8) is 0 Å². The van der Waals surface area contributed by atoms with Crippen molar-refractivity contribution >= 4 is 29.9 Å². The van der Waals surface area contributed by atoms with E-state index in [0.29, 0.717) is 18.0 Å². The van der Waals surface area contributed by atoms with E-state index < -0.39 is 0 Å². The van der Waals surface area contributed by atoms with Gasteiger partial charge in [-0.2, -0.15) is 10.4 Å². The number of hydrogen-bond donors (Lipinski definition) is 1. The summed E-state index contributed by atoms with van der Waals surface area (Å²) in [5.74, 6) is 1.61. The zero-order valence-electron chi connectivity index (χ0n) is 15.9. The molecule has 144 valence electrons. The van der Waals surface area contributed by atoms with Crippen molar-refractivity contribution < 1.29 is 0 Å². The van der Waals surface area contributed by atoms with Gasteiger partial charge < -0.3 is 10.2 Å². The lowest BCUT2D eigenvalue weighted by Gasteiger charge is -2.21. The van der Waals surface area contributed by atoms with Gasteiger partial charge in [-0.3, -0.25) is 4.68 Å². The lowest BCUT2D eigenvalue weighted by Crippen LogP contribution is -2.40. The van der Waals surface area contributed by atoms with Crippen LogP contribution in [0.3, 0.4) is 0 Å². The van der Waals surface area contributed by atoms with Gasteiger partial charge in [0.15, 0.2) is 5.96 Å². The minimum absolute atomic E-state index is 0. The number of benzene rings is 1. The van der Waals surface area contributed by atoms with Gasteiger partial charge in [0.25, 0.3) is 0 Å². The second-order valence-electron chi connectivity index (χ2n) is 6.81. The fourth-order valence-electron chi connectivity index (χ4n) is 3.38. The third-order valence-corrected chi connectivity index (χ3v) is 4.70. The number of guanidine groups is 1. The third-order valence-electron chi connectivity index (χ3n) is 4.70. The van der Waals surface area contributed by atoms with Crippen LogP contribution in [0, 0.1) is 17.2 Å². The number of halogens is 1. The lowest BCUT2D eigenvalue weighted by molar-refractivity contribution is 0.460. The number of hydrogen-bond acceptors (Lipinski definition) is 3. The van der Waals surface area contributed by atoms with Crippen LogP contribution >= 0.6 is 24.0 Å². The maximum Gasteiger partial charge on any atom is 0.194 e. The molecular weight excluding hydrogens is 451 g/mol. The molecule has 0 spiro atoms. The highest BCUT2D eigenvalue weighted by atomic mass is 127. The molecule has 1 aliphatic rings. The van der Waals surface area contributed by atoms with Gasteiger partial charge in [0.1, 0.15) is 0 Å². The summed E-state index contributed by atoms with van der Waals surface area (Å²) in [7, 11) is 1.96. The van der Waals surface area contributed by atoms with Crippen LogP contribution in [0.25, 0.3) is 0 Å². The molecule has 3 rings (SSSR count). The SMILES string of the molecule is CCNC(=NCc1ccc(C#N)cc1)N1CCC(Cc2cnn(C)c2)C1.I. The van der Waals surface area contributed by atoms with Crippen molar-refractivity contribution in [2.24, 2.45) is 18.0 Å². The maximum atomic E-state index is 8.89. The molecule has 27 heavy (non-hydrogen) atoms. The molecule has 0 amide bonds. The minimum Gasteiger partial charge on any atom is -0.357 e. The highest BCUT2D eigenvalue weighted by molar-refractivity contribution is 14.0. The molecule has 2 aromatic rings. The molecule has 1 aliphatic heterocycles. The van der Waals surface area contributed by atoms with Gasteiger partial charge in [0.2, 0.25) is 0 Å². The monoisotopic (exact) mass is 478 g/mol. The average molecular weight is 478 g/mol. The molecule has 1 atom stereocenters. The Hall–Kier alpha value is -2.08. The number of aliphatic imine (C=N–C) groups is 1. The van der Waals surface area contributed by atoms with Gasteiger partial charge in [-0.05, 0) is 48.9 Å². The molecule has 1 fully saturated rings. The highest BCUT2D eigenvalue weighted by Crippen LogP contribution is 2.21. The Bertz CT molecular complexity index is 790. The zero-order chi connectivity index (χ0) is 18.4. The van der Waals surface area contributed by atoms with Gasteiger partial charge in [0, 0.05) is 32.9 Å². The minimum atomic E-state index is 0. The average Bonchev–Trinajstić information content (AvgIpc) is 3.28. The van der Waals surface area contributed by atoms with E-state index in [0.717, 1.165) is 37.6 Å². The van der Waals surface area contributed by atoms with E-state index in [-0.39, 0.29) is 24.0 Å². The molecule has 1 unspecified atom stereocenters. The van der Waals surface area contributed by atoms with E-state index in [1.165, 1.54) is 12.0 Å². The highest BCUT2D eigenvalue weighted by Gasteiger charge is 2.25. The summed E-state index contributed by atoms with van der Waals surface area (Å²) in [4.78, 5) is 7.15. The van der Waals surface area contributed by atoms with Crippen LogP contribution in [-0.4, -0.2) is 40.3 Å². The molecule has 2 heterocycles. The molecule has 7 heteroatoms. The van der Waals surface area contributed by atoms with Crippen molar-refractivity contribution in [2.75, 3.05) is 19.6 Å². The van der Waals surface area contributed by atoms with E-state index in [2.05, 4.69) is 34.5 Å². The van der Waals surface area contributed by atoms with E-state index in [9.17, 15) is 0 Å². The number of nitrogens with zero attached hydrogens (tertiary/aromatic N) is 5. The van der Waals surface area contributed by atoms with Crippen molar-refractivity contribution in [1.82, 2.24) is 20.0 Å². The molecule has 1 aromatic heterocycles. The molecule has 6 nitrogen and oxygen atoms in total. The van der Waals surface area contributed by atoms with E-state index in [4.69, 9.17) is 10.3 Å². The Morgan fingerprint density at radius 1 is 1.33 bits per heavy atom. The standard InChI is InChI=1S/C20H26N6.HI/c1-3-22-20(23-12-17-6-4-16(11-21)5-7-17)26-9-8-18(15-26)10-19-13-24-25(2)14-19;/h4-7,13-14,18H,3,8-10,12,15H2,1-2H3,(H,22,23);1H. The molecule has 0 bridgehead atoms. The predicted molar refractivity (Wildman–Crippen MR) is 118 cm³/mol. The normalized spacial score (nSPS) is 16.7. The van der Waals surface area contributed by atoms with E-state index >= 15 is 0 Å². The summed E-state index contributed by atoms with van der Waals surface area (Å²) in [5, 5.41) is 16.6. The quantitative estimate of drug-likeness (QED) is 0.408. The first-order valence-electron chi connectivity index (χ1n) is 9.17. The predicted octanol–water partition coefficient (Wildman–Crippen LogP) is 2.94. The van der Waals surface area contributed by atoms with Crippen LogP contribution in [-0.2, 0) is 20.0 Å². The van der Waals surface area contributed by atoms with Gasteiger partial charge in [-0.1, -0.05) is 12.1 Å². The van der Waals surface area contributed by atoms with Gasteiger partial charge in [-0.15, -0.1) is 24.0 Å². The number of likely N-dealkylation sites (tertiary alicyclic amines) is 1. The Morgan fingerprint density at radius 3 is 2.74 bits per heavy atom. The van der Waals surface area contributed by atoms with Crippen molar-refractivity contribution in [2.45, 2.75) is 26.3 Å². The van der Waals surface area contributed by atoms with E-state index in [1.54, 1.807) is 0 Å². The van der Waals surface area contributed by atoms with Crippen LogP contribution in [0.4, 0.5) is 0 Å². The zero-order valence-corrected chi connectivity index (χ0v) is 18.3. The number of rotatable bonds is 5. The Kier molecular flexibility index (Phi) is 8.10. The molecule has 0 aliphatic carbocycles. The summed E-state index contributed by atoms with van der Waals surface area (Å²) in [5.41, 5.74) is 3.10. The maximum absolute atomic E-state index is 8.89. The van der Waals surface area contributed by atoms with Crippen LogP contribution in [0.15, 0.2) is 41.7 Å². The summed E-state index contributed by atoms with van der Waals surface area (Å²) in [6.07, 6.45) is 6.31. The Morgan fingerprint density at radius 2 is 2.11 bits per heavy atom. The number of nitriles is 1. The lowest BCUT2D eigenvalue weighted by atomic mass is 10.0. The van der Waals surface area contributed by atoms with Gasteiger partial charge in [-0.25, -0.2) is 4.99 Å². The van der Waals surface area contributed by atoms with Crippen LogP contribution in [0.5, 0.6) is 0 Å². The molecule has 0 radical (unpaired) electrons. The van der Waals surface area contributed by atoms with Gasteiger partial charge in [0.05, 0.1) is 24.4 Å². The molecule has 1 N–H and O–H groups in total. The van der Waals surface area contributed by atoms with Crippen molar-refractivity contribution in [3.8, 4) is 6.07 Å². The molecule has 0 saturated carbocycles. The van der Waals surface area contributed by atoms with Gasteiger partial charge >= 0.3 is 0 Å². The number of aromatic nitrogens is 2. The topological polar surface area (TPSA) is 69.2 Å². The molecule has 1 saturated heterocycles. The van der Waals surface area contributed by atoms with Crippen molar-refractivity contribution in [3.05, 3.63) is 53.3 Å². The Balaban J connectivity index is 0.00000261. The van der Waals surface area contributed by atoms with Crippen LogP contribution in [0.2, 0.25) is 0 Å². The second kappa shape index (κ2) is 10.3. The van der Waals surface area contributed by atoms with Crippen LogP contribution < -0.4 is 5.32 Å². The number of aryl methyl sites for hydroxylation is 1. The largest absolute Gasteiger partial charge is 0.357 e. The molecular formula is C20H27IN6. The first kappa shape index (κ1) is 21.2. The smallest absolute Gasteiger partial charge is 0.194 e. The summed E-state index contributed by atoms with van der Waals surface area (Å²) in [6, 6.07) is 9.78. The summed E-state index contributed by atoms with van der Waals surface area (Å²) in [6.45, 7) is 5.63. The summed E-state index contributed by atoms with van der Waals surface area (Å²) < 4.78 is 1.87. The van der Waals surface area contributed by atoms with E-state index in [1.807, 2.05) is 42.2 Å². The first-order chi connectivity index (χ1) is 12.7. The first-order valence-corrected chi connectivity index (χ1v) is 9.17. The Labute approximate surface area is 178 Å². The fraction of sp³-hybridized carbons (Fsp3) is 0.450. The number of nitrogens with one attached hydrogen (secondary N) is 1. The summed E-state index contributed by atoms with van der Waals surface area (Å²) >= 11 is 0. The van der Waals surface area contributed by atoms with Crippen LogP contribution in [0.1, 0.15) is 30.0 Å². The second-order valence-corrected chi connectivity index (χ2v) is 6.81.